The number of hydrogen-bond acceptors (Lipinski definition) is 3. The molecular formula is C22H20FN3O. The van der Waals surface area contributed by atoms with Crippen LogP contribution in [0.15, 0.2) is 64.5 Å². The lowest BCUT2D eigenvalue weighted by Gasteiger charge is -2.14. The highest BCUT2D eigenvalue weighted by Crippen LogP contribution is 2.37. The van der Waals surface area contributed by atoms with E-state index in [4.69, 9.17) is 4.99 Å². The number of hydrogen-bond donors (Lipinski definition) is 1. The topological polar surface area (TPSA) is 46.4 Å². The van der Waals surface area contributed by atoms with Crippen LogP contribution in [0.4, 0.5) is 10.1 Å². The molecule has 1 aliphatic heterocycles. The fourth-order valence-electron chi connectivity index (χ4n) is 3.51. The van der Waals surface area contributed by atoms with E-state index in [0.717, 1.165) is 39.2 Å². The number of pyridine rings is 1. The second-order valence-corrected chi connectivity index (χ2v) is 6.76. The van der Waals surface area contributed by atoms with E-state index in [-0.39, 0.29) is 17.4 Å². The summed E-state index contributed by atoms with van der Waals surface area (Å²) >= 11 is 0. The summed E-state index contributed by atoms with van der Waals surface area (Å²) < 4.78 is 15.0. The Morgan fingerprint density at radius 1 is 1.04 bits per heavy atom. The number of fused-ring (bicyclic) bond motifs is 3. The molecular weight excluding hydrogens is 341 g/mol. The third-order valence-corrected chi connectivity index (χ3v) is 5.00. The minimum Gasteiger partial charge on any atom is -0.388 e. The van der Waals surface area contributed by atoms with Gasteiger partial charge in [-0.05, 0) is 54.4 Å². The molecule has 1 N–H and O–H groups in total. The van der Waals surface area contributed by atoms with Gasteiger partial charge in [-0.1, -0.05) is 6.07 Å². The standard InChI is InChI=1S/C22H20FN3O/c1-13-18-11-21(27)26(3)12-20(18)19-10-16(24-2)8-9-17(19)22(25-13)14-4-6-15(23)7-5-14/h4-13,24H,1-3H3/t13-/m0/s1. The van der Waals surface area contributed by atoms with Crippen LogP contribution in [-0.2, 0) is 7.05 Å². The number of benzene rings is 2. The molecule has 0 fully saturated rings. The van der Waals surface area contributed by atoms with E-state index >= 15 is 0 Å². The first-order valence-electron chi connectivity index (χ1n) is 8.85. The van der Waals surface area contributed by atoms with Gasteiger partial charge < -0.3 is 9.88 Å². The molecule has 0 amide bonds. The summed E-state index contributed by atoms with van der Waals surface area (Å²) in [6, 6.07) is 13.9. The van der Waals surface area contributed by atoms with Crippen LogP contribution < -0.4 is 10.9 Å². The normalized spacial score (nSPS) is 15.4. The average molecular weight is 361 g/mol. The number of aromatic nitrogens is 1. The Morgan fingerprint density at radius 2 is 1.78 bits per heavy atom. The molecule has 0 aliphatic carbocycles. The van der Waals surface area contributed by atoms with Gasteiger partial charge in [0.05, 0.1) is 11.8 Å². The molecule has 0 radical (unpaired) electrons. The van der Waals surface area contributed by atoms with Crippen molar-refractivity contribution in [2.75, 3.05) is 12.4 Å². The molecule has 136 valence electrons. The first-order valence-corrected chi connectivity index (χ1v) is 8.85. The van der Waals surface area contributed by atoms with Crippen molar-refractivity contribution in [3.8, 4) is 11.1 Å². The van der Waals surface area contributed by atoms with Crippen molar-refractivity contribution in [2.45, 2.75) is 13.0 Å². The summed E-state index contributed by atoms with van der Waals surface area (Å²) in [4.78, 5) is 17.1. The maximum absolute atomic E-state index is 13.4. The molecule has 27 heavy (non-hydrogen) atoms. The Balaban J connectivity index is 2.05. The third-order valence-electron chi connectivity index (χ3n) is 5.00. The summed E-state index contributed by atoms with van der Waals surface area (Å²) in [6.07, 6.45) is 1.87. The first kappa shape index (κ1) is 17.2. The van der Waals surface area contributed by atoms with Crippen LogP contribution >= 0.6 is 0 Å². The number of aryl methyl sites for hydroxylation is 1. The number of nitrogens with one attached hydrogen (secondary N) is 1. The second kappa shape index (κ2) is 6.50. The van der Waals surface area contributed by atoms with Gasteiger partial charge in [-0.25, -0.2) is 4.39 Å². The maximum atomic E-state index is 13.4. The van der Waals surface area contributed by atoms with E-state index in [1.807, 2.05) is 32.3 Å². The molecule has 0 bridgehead atoms. The predicted octanol–water partition coefficient (Wildman–Crippen LogP) is 4.15. The zero-order valence-corrected chi connectivity index (χ0v) is 15.5. The van der Waals surface area contributed by atoms with E-state index in [2.05, 4.69) is 11.4 Å². The molecule has 0 spiro atoms. The summed E-state index contributed by atoms with van der Waals surface area (Å²) in [7, 11) is 3.62. The van der Waals surface area contributed by atoms with Gasteiger partial charge in [0.1, 0.15) is 5.82 Å². The predicted molar refractivity (Wildman–Crippen MR) is 107 cm³/mol. The Labute approximate surface area is 157 Å². The van der Waals surface area contributed by atoms with E-state index in [0.29, 0.717) is 0 Å². The fraction of sp³-hybridized carbons (Fsp3) is 0.182. The molecule has 3 aromatic rings. The Bertz CT molecular complexity index is 1110. The zero-order chi connectivity index (χ0) is 19.1. The summed E-state index contributed by atoms with van der Waals surface area (Å²) in [5.74, 6) is -0.280. The molecule has 2 aromatic carbocycles. The van der Waals surface area contributed by atoms with Gasteiger partial charge in [0.25, 0.3) is 5.56 Å². The van der Waals surface area contributed by atoms with Crippen molar-refractivity contribution in [1.82, 2.24) is 4.57 Å². The van der Waals surface area contributed by atoms with Gasteiger partial charge >= 0.3 is 0 Å². The summed E-state index contributed by atoms with van der Waals surface area (Å²) in [5.41, 5.74) is 6.40. The number of halogens is 1. The van der Waals surface area contributed by atoms with Crippen LogP contribution in [0, 0.1) is 5.82 Å². The number of aliphatic imine (C=N–C) groups is 1. The molecule has 4 nitrogen and oxygen atoms in total. The van der Waals surface area contributed by atoms with Gasteiger partial charge in [-0.15, -0.1) is 0 Å². The van der Waals surface area contributed by atoms with Crippen LogP contribution in [0.5, 0.6) is 0 Å². The van der Waals surface area contributed by atoms with Crippen molar-refractivity contribution >= 4 is 11.4 Å². The Kier molecular flexibility index (Phi) is 4.15. The van der Waals surface area contributed by atoms with Crippen LogP contribution in [0.25, 0.3) is 11.1 Å². The zero-order valence-electron chi connectivity index (χ0n) is 15.5. The third kappa shape index (κ3) is 2.95. The first-order chi connectivity index (χ1) is 13.0. The van der Waals surface area contributed by atoms with Crippen LogP contribution in [0.1, 0.15) is 29.7 Å². The van der Waals surface area contributed by atoms with Crippen molar-refractivity contribution in [1.29, 1.82) is 0 Å². The van der Waals surface area contributed by atoms with Crippen LogP contribution in [0.3, 0.4) is 0 Å². The molecule has 1 aliphatic rings. The van der Waals surface area contributed by atoms with Crippen molar-refractivity contribution in [3.63, 3.8) is 0 Å². The molecule has 4 rings (SSSR count). The van der Waals surface area contributed by atoms with Crippen LogP contribution in [0.2, 0.25) is 0 Å². The molecule has 0 saturated carbocycles. The highest BCUT2D eigenvalue weighted by atomic mass is 19.1. The lowest BCUT2D eigenvalue weighted by molar-refractivity contribution is 0.628. The smallest absolute Gasteiger partial charge is 0.250 e. The number of nitrogens with zero attached hydrogens (tertiary/aromatic N) is 2. The van der Waals surface area contributed by atoms with E-state index in [1.165, 1.54) is 12.1 Å². The van der Waals surface area contributed by atoms with E-state index in [9.17, 15) is 9.18 Å². The van der Waals surface area contributed by atoms with Crippen molar-refractivity contribution < 1.29 is 4.39 Å². The molecule has 1 aromatic heterocycles. The fourth-order valence-corrected chi connectivity index (χ4v) is 3.51. The van der Waals surface area contributed by atoms with Gasteiger partial charge in [-0.3, -0.25) is 9.79 Å². The van der Waals surface area contributed by atoms with E-state index in [1.54, 1.807) is 29.8 Å². The second-order valence-electron chi connectivity index (χ2n) is 6.76. The summed E-state index contributed by atoms with van der Waals surface area (Å²) in [6.45, 7) is 1.98. The maximum Gasteiger partial charge on any atom is 0.250 e. The molecule has 0 unspecified atom stereocenters. The molecule has 1 atom stereocenters. The Morgan fingerprint density at radius 3 is 2.48 bits per heavy atom. The number of anilines is 1. The monoisotopic (exact) mass is 361 g/mol. The molecule has 0 saturated heterocycles. The summed E-state index contributed by atoms with van der Waals surface area (Å²) in [5, 5.41) is 3.17. The highest BCUT2D eigenvalue weighted by Gasteiger charge is 2.24. The average Bonchev–Trinajstić information content (AvgIpc) is 2.78. The van der Waals surface area contributed by atoms with E-state index < -0.39 is 0 Å². The van der Waals surface area contributed by atoms with Gasteiger partial charge in [0.2, 0.25) is 0 Å². The quantitative estimate of drug-likeness (QED) is 0.745. The minimum absolute atomic E-state index is 0.0626. The van der Waals surface area contributed by atoms with Crippen molar-refractivity contribution in [2.24, 2.45) is 12.0 Å². The van der Waals surface area contributed by atoms with Gasteiger partial charge in [-0.2, -0.15) is 0 Å². The lowest BCUT2D eigenvalue weighted by Crippen LogP contribution is -2.17. The molecule has 5 heteroatoms. The van der Waals surface area contributed by atoms with Gasteiger partial charge in [0, 0.05) is 48.7 Å². The number of rotatable bonds is 2. The van der Waals surface area contributed by atoms with Crippen LogP contribution in [-0.4, -0.2) is 17.3 Å². The SMILES string of the molecule is CNc1ccc2c(c1)-c1cn(C)c(=O)cc1[C@H](C)N=C2c1ccc(F)cc1. The highest BCUT2D eigenvalue weighted by molar-refractivity contribution is 6.17. The van der Waals surface area contributed by atoms with Crippen molar-refractivity contribution in [3.05, 3.63) is 87.6 Å². The Hall–Kier alpha value is -3.21. The largest absolute Gasteiger partial charge is 0.388 e. The lowest BCUT2D eigenvalue weighted by atomic mass is 9.92. The minimum atomic E-state index is -0.280. The molecule has 2 heterocycles. The van der Waals surface area contributed by atoms with Gasteiger partial charge in [0.15, 0.2) is 0 Å².